The minimum absolute atomic E-state index is 0.165. The van der Waals surface area contributed by atoms with Crippen LogP contribution in [-0.4, -0.2) is 55.0 Å². The number of hydrogen-bond acceptors (Lipinski definition) is 6. The van der Waals surface area contributed by atoms with Crippen LogP contribution in [0.2, 0.25) is 0 Å². The van der Waals surface area contributed by atoms with E-state index in [2.05, 4.69) is 26.7 Å². The summed E-state index contributed by atoms with van der Waals surface area (Å²) in [6.07, 6.45) is 3.12. The zero-order valence-corrected chi connectivity index (χ0v) is 14.9. The van der Waals surface area contributed by atoms with E-state index in [-0.39, 0.29) is 5.91 Å². The maximum atomic E-state index is 12.5. The number of nitrogens with one attached hydrogen (secondary N) is 2. The summed E-state index contributed by atoms with van der Waals surface area (Å²) in [5.74, 6) is 1.44. The van der Waals surface area contributed by atoms with E-state index >= 15 is 0 Å². The summed E-state index contributed by atoms with van der Waals surface area (Å²) in [6.45, 7) is 1.50. The Balaban J connectivity index is 1.76. The Morgan fingerprint density at radius 3 is 2.92 bits per heavy atom. The molecule has 1 aliphatic heterocycles. The molecule has 0 radical (unpaired) electrons. The second-order valence-corrected chi connectivity index (χ2v) is 6.33. The number of fused-ring (bicyclic) bond motifs is 1. The SMILES string of the molecule is CNc1ccnc(Nc2ccc3c(c2)N(C(=O)CCN(C)C)CC3)n1. The molecule has 1 amide bonds. The van der Waals surface area contributed by atoms with Crippen molar-refractivity contribution in [3.05, 3.63) is 36.0 Å². The monoisotopic (exact) mass is 340 g/mol. The van der Waals surface area contributed by atoms with E-state index in [1.165, 1.54) is 5.56 Å². The molecule has 0 bridgehead atoms. The summed E-state index contributed by atoms with van der Waals surface area (Å²) in [6, 6.07) is 7.88. The molecule has 0 unspecified atom stereocenters. The number of rotatable bonds is 6. The Bertz CT molecular complexity index is 761. The van der Waals surface area contributed by atoms with Gasteiger partial charge in [0.15, 0.2) is 0 Å². The average molecular weight is 340 g/mol. The molecule has 132 valence electrons. The second-order valence-electron chi connectivity index (χ2n) is 6.33. The zero-order chi connectivity index (χ0) is 17.8. The van der Waals surface area contributed by atoms with Crippen LogP contribution in [0.25, 0.3) is 0 Å². The van der Waals surface area contributed by atoms with Gasteiger partial charge in [0.05, 0.1) is 0 Å². The van der Waals surface area contributed by atoms with Crippen molar-refractivity contribution in [2.75, 3.05) is 49.8 Å². The Morgan fingerprint density at radius 2 is 2.16 bits per heavy atom. The Kier molecular flexibility index (Phi) is 5.14. The second kappa shape index (κ2) is 7.48. The number of carbonyl (C=O) groups is 1. The minimum Gasteiger partial charge on any atom is -0.373 e. The molecule has 2 heterocycles. The van der Waals surface area contributed by atoms with Crippen LogP contribution in [-0.2, 0) is 11.2 Å². The topological polar surface area (TPSA) is 73.4 Å². The number of aromatic nitrogens is 2. The first-order valence-electron chi connectivity index (χ1n) is 8.42. The largest absolute Gasteiger partial charge is 0.373 e. The minimum atomic E-state index is 0.165. The van der Waals surface area contributed by atoms with Gasteiger partial charge in [0.1, 0.15) is 5.82 Å². The van der Waals surface area contributed by atoms with Crippen LogP contribution in [0.5, 0.6) is 0 Å². The van der Waals surface area contributed by atoms with Crippen LogP contribution in [0.1, 0.15) is 12.0 Å². The smallest absolute Gasteiger partial charge is 0.229 e. The fraction of sp³-hybridized carbons (Fsp3) is 0.389. The number of hydrogen-bond donors (Lipinski definition) is 2. The van der Waals surface area contributed by atoms with Gasteiger partial charge in [-0.2, -0.15) is 4.98 Å². The molecule has 7 nitrogen and oxygen atoms in total. The van der Waals surface area contributed by atoms with Crippen molar-refractivity contribution in [2.45, 2.75) is 12.8 Å². The molecule has 2 N–H and O–H groups in total. The third kappa shape index (κ3) is 4.06. The fourth-order valence-corrected chi connectivity index (χ4v) is 2.86. The number of benzene rings is 1. The third-order valence-electron chi connectivity index (χ3n) is 4.22. The van der Waals surface area contributed by atoms with E-state index in [4.69, 9.17) is 0 Å². The van der Waals surface area contributed by atoms with E-state index in [1.54, 1.807) is 12.3 Å². The molecule has 0 atom stereocenters. The van der Waals surface area contributed by atoms with Crippen molar-refractivity contribution < 1.29 is 4.79 Å². The van der Waals surface area contributed by atoms with Gasteiger partial charge in [-0.15, -0.1) is 0 Å². The highest BCUT2D eigenvalue weighted by Gasteiger charge is 2.24. The summed E-state index contributed by atoms with van der Waals surface area (Å²) in [7, 11) is 5.78. The lowest BCUT2D eigenvalue weighted by Gasteiger charge is -2.19. The highest BCUT2D eigenvalue weighted by Crippen LogP contribution is 2.32. The molecule has 0 spiro atoms. The summed E-state index contributed by atoms with van der Waals surface area (Å²) in [5, 5.41) is 6.20. The lowest BCUT2D eigenvalue weighted by Crippen LogP contribution is -2.31. The van der Waals surface area contributed by atoms with E-state index in [0.29, 0.717) is 12.4 Å². The molecule has 2 aromatic rings. The lowest BCUT2D eigenvalue weighted by atomic mass is 10.1. The molecule has 1 aromatic heterocycles. The van der Waals surface area contributed by atoms with Gasteiger partial charge in [-0.25, -0.2) is 4.98 Å². The van der Waals surface area contributed by atoms with E-state index in [0.717, 1.165) is 36.7 Å². The lowest BCUT2D eigenvalue weighted by molar-refractivity contribution is -0.118. The first-order chi connectivity index (χ1) is 12.1. The highest BCUT2D eigenvalue weighted by molar-refractivity contribution is 5.96. The van der Waals surface area contributed by atoms with Gasteiger partial charge < -0.3 is 20.4 Å². The van der Waals surface area contributed by atoms with Crippen molar-refractivity contribution in [3.8, 4) is 0 Å². The summed E-state index contributed by atoms with van der Waals surface area (Å²) < 4.78 is 0. The maximum absolute atomic E-state index is 12.5. The quantitative estimate of drug-likeness (QED) is 0.839. The van der Waals surface area contributed by atoms with Gasteiger partial charge >= 0.3 is 0 Å². The van der Waals surface area contributed by atoms with Gasteiger partial charge in [0.25, 0.3) is 0 Å². The summed E-state index contributed by atoms with van der Waals surface area (Å²) in [5.41, 5.74) is 3.06. The number of carbonyl (C=O) groups excluding carboxylic acids is 1. The number of anilines is 4. The highest BCUT2D eigenvalue weighted by atomic mass is 16.2. The Labute approximate surface area is 148 Å². The van der Waals surface area contributed by atoms with Gasteiger partial charge in [0, 0.05) is 44.1 Å². The molecule has 0 saturated heterocycles. The Hall–Kier alpha value is -2.67. The Morgan fingerprint density at radius 1 is 1.32 bits per heavy atom. The normalized spacial score (nSPS) is 13.0. The average Bonchev–Trinajstić information content (AvgIpc) is 3.03. The predicted octanol–water partition coefficient (Wildman–Crippen LogP) is 2.10. The summed E-state index contributed by atoms with van der Waals surface area (Å²) in [4.78, 5) is 25.0. The van der Waals surface area contributed by atoms with Crippen molar-refractivity contribution in [2.24, 2.45) is 0 Å². The standard InChI is InChI=1S/C18H24N6O/c1-19-16-6-9-20-18(22-16)21-14-5-4-13-7-11-24(15(13)12-14)17(25)8-10-23(2)3/h4-6,9,12H,7-8,10-11H2,1-3H3,(H2,19,20,21,22). The fourth-order valence-electron chi connectivity index (χ4n) is 2.86. The summed E-state index contributed by atoms with van der Waals surface area (Å²) >= 11 is 0. The third-order valence-corrected chi connectivity index (χ3v) is 4.22. The molecule has 0 aliphatic carbocycles. The van der Waals surface area contributed by atoms with Crippen LogP contribution in [0, 0.1) is 0 Å². The van der Waals surface area contributed by atoms with Crippen LogP contribution >= 0.6 is 0 Å². The van der Waals surface area contributed by atoms with Crippen LogP contribution < -0.4 is 15.5 Å². The van der Waals surface area contributed by atoms with E-state index in [9.17, 15) is 4.79 Å². The molecule has 0 saturated carbocycles. The molecule has 1 aromatic carbocycles. The first-order valence-corrected chi connectivity index (χ1v) is 8.42. The number of nitrogens with zero attached hydrogens (tertiary/aromatic N) is 4. The molecule has 25 heavy (non-hydrogen) atoms. The molecular weight excluding hydrogens is 316 g/mol. The van der Waals surface area contributed by atoms with Crippen LogP contribution in [0.15, 0.2) is 30.5 Å². The maximum Gasteiger partial charge on any atom is 0.229 e. The van der Waals surface area contributed by atoms with Crippen molar-refractivity contribution in [3.63, 3.8) is 0 Å². The van der Waals surface area contributed by atoms with Crippen molar-refractivity contribution >= 4 is 29.0 Å². The predicted molar refractivity (Wildman–Crippen MR) is 101 cm³/mol. The molecule has 7 heteroatoms. The van der Waals surface area contributed by atoms with Crippen molar-refractivity contribution in [1.82, 2.24) is 14.9 Å². The van der Waals surface area contributed by atoms with Crippen LogP contribution in [0.3, 0.4) is 0 Å². The number of amides is 1. The van der Waals surface area contributed by atoms with Crippen LogP contribution in [0.4, 0.5) is 23.1 Å². The van der Waals surface area contributed by atoms with Crippen molar-refractivity contribution in [1.29, 1.82) is 0 Å². The molecule has 1 aliphatic rings. The van der Waals surface area contributed by atoms with E-state index in [1.807, 2.05) is 43.1 Å². The van der Waals surface area contributed by atoms with Gasteiger partial charge in [0.2, 0.25) is 11.9 Å². The first kappa shape index (κ1) is 17.2. The molecule has 3 rings (SSSR count). The van der Waals surface area contributed by atoms with Gasteiger partial charge in [-0.3, -0.25) is 4.79 Å². The van der Waals surface area contributed by atoms with Gasteiger partial charge in [-0.1, -0.05) is 6.07 Å². The molecular formula is C18H24N6O. The van der Waals surface area contributed by atoms with Gasteiger partial charge in [-0.05, 0) is 44.3 Å². The molecule has 0 fully saturated rings. The van der Waals surface area contributed by atoms with E-state index < -0.39 is 0 Å². The zero-order valence-electron chi connectivity index (χ0n) is 14.9.